The Morgan fingerprint density at radius 2 is 2.06 bits per heavy atom. The van der Waals surface area contributed by atoms with Crippen molar-refractivity contribution in [3.8, 4) is 16.2 Å². The van der Waals surface area contributed by atoms with E-state index in [2.05, 4.69) is 44.9 Å². The minimum absolute atomic E-state index is 0.199. The molecule has 3 heterocycles. The van der Waals surface area contributed by atoms with Crippen LogP contribution in [0.1, 0.15) is 29.7 Å². The summed E-state index contributed by atoms with van der Waals surface area (Å²) in [5.41, 5.74) is 5.04. The predicted molar refractivity (Wildman–Crippen MR) is 140 cm³/mol. The summed E-state index contributed by atoms with van der Waals surface area (Å²) in [5, 5.41) is 9.00. The minimum atomic E-state index is -0.199. The molecule has 2 aliphatic rings. The van der Waals surface area contributed by atoms with Crippen molar-refractivity contribution in [1.29, 1.82) is 0 Å². The third-order valence-electron chi connectivity index (χ3n) is 6.85. The fourth-order valence-electron chi connectivity index (χ4n) is 4.75. The van der Waals surface area contributed by atoms with Crippen LogP contribution in [-0.4, -0.2) is 24.8 Å². The van der Waals surface area contributed by atoms with E-state index in [0.29, 0.717) is 12.2 Å². The van der Waals surface area contributed by atoms with E-state index < -0.39 is 0 Å². The molecule has 0 unspecified atom stereocenters. The van der Waals surface area contributed by atoms with Gasteiger partial charge in [-0.25, -0.2) is 4.39 Å². The monoisotopic (exact) mass is 488 g/mol. The molecule has 1 aliphatic heterocycles. The van der Waals surface area contributed by atoms with Crippen molar-refractivity contribution < 1.29 is 9.13 Å². The molecule has 1 fully saturated rings. The van der Waals surface area contributed by atoms with Gasteiger partial charge in [-0.05, 0) is 80.0 Å². The van der Waals surface area contributed by atoms with Crippen LogP contribution in [0.3, 0.4) is 0 Å². The fourth-order valence-corrected chi connectivity index (χ4v) is 5.86. The van der Waals surface area contributed by atoms with E-state index >= 15 is 0 Å². The number of benzene rings is 2. The van der Waals surface area contributed by atoms with Crippen LogP contribution < -0.4 is 25.3 Å². The minimum Gasteiger partial charge on any atom is -0.493 e. The van der Waals surface area contributed by atoms with Gasteiger partial charge >= 0.3 is 0 Å². The van der Waals surface area contributed by atoms with E-state index in [-0.39, 0.29) is 5.82 Å². The van der Waals surface area contributed by atoms with E-state index in [1.807, 2.05) is 26.0 Å². The Morgan fingerprint density at radius 3 is 2.91 bits per heavy atom. The Kier molecular flexibility index (Phi) is 5.72. The lowest BCUT2D eigenvalue weighted by atomic mass is 10.0. The summed E-state index contributed by atoms with van der Waals surface area (Å²) in [4.78, 5) is 9.09. The van der Waals surface area contributed by atoms with Crippen LogP contribution in [0, 0.1) is 25.6 Å². The average molecular weight is 489 g/mol. The van der Waals surface area contributed by atoms with Crippen LogP contribution in [0.15, 0.2) is 47.5 Å². The highest BCUT2D eigenvalue weighted by Gasteiger charge is 2.22. The van der Waals surface area contributed by atoms with Gasteiger partial charge in [0.1, 0.15) is 24.1 Å². The molecule has 35 heavy (non-hydrogen) atoms. The SMILES string of the molecule is Cc1[nH]c2c(F)ccc(C)c2c1CCNC1=c2sc(-c3cccc(OCC4CC4)c3)cc2=NCN1. The second-order valence-electron chi connectivity index (χ2n) is 9.49. The molecule has 5 nitrogen and oxygen atoms in total. The summed E-state index contributed by atoms with van der Waals surface area (Å²) in [6.07, 6.45) is 3.37. The van der Waals surface area contributed by atoms with E-state index in [0.717, 1.165) is 69.2 Å². The van der Waals surface area contributed by atoms with Crippen molar-refractivity contribution in [3.05, 3.63) is 75.0 Å². The number of hydrogen-bond donors (Lipinski definition) is 3. The molecule has 2 aromatic heterocycles. The van der Waals surface area contributed by atoms with Crippen LogP contribution >= 0.6 is 11.3 Å². The van der Waals surface area contributed by atoms with Gasteiger partial charge in [0, 0.05) is 22.5 Å². The Labute approximate surface area is 207 Å². The summed E-state index contributed by atoms with van der Waals surface area (Å²) < 4.78 is 21.4. The van der Waals surface area contributed by atoms with Crippen LogP contribution in [0.2, 0.25) is 0 Å². The number of ether oxygens (including phenoxy) is 1. The first-order valence-corrected chi connectivity index (χ1v) is 13.0. The Hall–Kier alpha value is -3.32. The first-order valence-electron chi connectivity index (χ1n) is 12.2. The molecule has 0 radical (unpaired) electrons. The number of halogens is 1. The number of rotatable bonds is 8. The molecule has 0 amide bonds. The lowest BCUT2D eigenvalue weighted by Crippen LogP contribution is -2.41. The number of aromatic nitrogens is 1. The van der Waals surface area contributed by atoms with Crippen molar-refractivity contribution in [1.82, 2.24) is 15.6 Å². The van der Waals surface area contributed by atoms with Crippen LogP contribution in [0.5, 0.6) is 5.75 Å². The number of thiophene rings is 1. The van der Waals surface area contributed by atoms with Gasteiger partial charge in [-0.2, -0.15) is 0 Å². The Bertz CT molecular complexity index is 1530. The number of H-pyrrole nitrogens is 1. The molecule has 1 saturated carbocycles. The smallest absolute Gasteiger partial charge is 0.147 e. The lowest BCUT2D eigenvalue weighted by molar-refractivity contribution is 0.300. The molecule has 6 rings (SSSR count). The van der Waals surface area contributed by atoms with E-state index in [1.54, 1.807) is 11.3 Å². The molecule has 4 aromatic rings. The maximum absolute atomic E-state index is 14.3. The first-order chi connectivity index (χ1) is 17.1. The number of aromatic amines is 1. The molecule has 0 spiro atoms. The summed E-state index contributed by atoms with van der Waals surface area (Å²) in [5.74, 6) is 2.47. The van der Waals surface area contributed by atoms with Crippen molar-refractivity contribution in [2.75, 3.05) is 19.8 Å². The highest BCUT2D eigenvalue weighted by molar-refractivity contribution is 7.13. The third kappa shape index (κ3) is 4.41. The summed E-state index contributed by atoms with van der Waals surface area (Å²) in [7, 11) is 0. The van der Waals surface area contributed by atoms with Crippen molar-refractivity contribution in [3.63, 3.8) is 0 Å². The molecule has 0 saturated heterocycles. The summed E-state index contributed by atoms with van der Waals surface area (Å²) in [6.45, 7) is 6.16. The van der Waals surface area contributed by atoms with E-state index in [9.17, 15) is 4.39 Å². The average Bonchev–Trinajstić information content (AvgIpc) is 3.49. The molecule has 1 aliphatic carbocycles. The van der Waals surface area contributed by atoms with Gasteiger partial charge in [0.25, 0.3) is 0 Å². The molecule has 0 bridgehead atoms. The van der Waals surface area contributed by atoms with Gasteiger partial charge in [0.2, 0.25) is 0 Å². The highest BCUT2D eigenvalue weighted by atomic mass is 32.1. The quantitative estimate of drug-likeness (QED) is 0.342. The van der Waals surface area contributed by atoms with Gasteiger partial charge in [0.15, 0.2) is 0 Å². The van der Waals surface area contributed by atoms with Crippen molar-refractivity contribution in [2.24, 2.45) is 10.9 Å². The molecule has 7 heteroatoms. The van der Waals surface area contributed by atoms with Crippen LogP contribution in [0.25, 0.3) is 27.2 Å². The molecule has 3 N–H and O–H groups in total. The zero-order chi connectivity index (χ0) is 23.9. The van der Waals surface area contributed by atoms with Crippen LogP contribution in [-0.2, 0) is 6.42 Å². The zero-order valence-electron chi connectivity index (χ0n) is 20.0. The topological polar surface area (TPSA) is 61.4 Å². The Morgan fingerprint density at radius 1 is 1.17 bits per heavy atom. The molecule has 2 aromatic carbocycles. The standard InChI is InChI=1S/C28H29FN4OS/c1-16-6-9-22(29)26-25(16)21(17(2)33-26)10-11-30-28-27-23(31-15-32-28)13-24(35-27)19-4-3-5-20(12-19)34-14-18-7-8-18/h3-6,9,12-13,18,30,32-33H,7-8,10-11,14-15H2,1-2H3. The maximum atomic E-state index is 14.3. The fraction of sp³-hybridized carbons (Fsp3) is 0.321. The van der Waals surface area contributed by atoms with Crippen LogP contribution in [0.4, 0.5) is 4.39 Å². The highest BCUT2D eigenvalue weighted by Crippen LogP contribution is 2.31. The van der Waals surface area contributed by atoms with Gasteiger partial charge in [0.05, 0.1) is 22.0 Å². The van der Waals surface area contributed by atoms with E-state index in [1.165, 1.54) is 29.3 Å². The third-order valence-corrected chi connectivity index (χ3v) is 8.04. The second-order valence-corrected chi connectivity index (χ2v) is 10.5. The lowest BCUT2D eigenvalue weighted by Gasteiger charge is -2.14. The first kappa shape index (κ1) is 22.2. The number of hydrogen-bond acceptors (Lipinski definition) is 5. The van der Waals surface area contributed by atoms with Crippen molar-refractivity contribution in [2.45, 2.75) is 33.1 Å². The Balaban J connectivity index is 1.23. The number of aryl methyl sites for hydroxylation is 2. The largest absolute Gasteiger partial charge is 0.493 e. The molecule has 180 valence electrons. The maximum Gasteiger partial charge on any atom is 0.147 e. The van der Waals surface area contributed by atoms with Gasteiger partial charge in [-0.1, -0.05) is 18.2 Å². The second kappa shape index (κ2) is 9.04. The molecule has 0 atom stereocenters. The predicted octanol–water partition coefficient (Wildman–Crippen LogP) is 4.52. The van der Waals surface area contributed by atoms with Gasteiger partial charge in [-0.3, -0.25) is 4.99 Å². The van der Waals surface area contributed by atoms with Gasteiger partial charge in [-0.15, -0.1) is 11.3 Å². The molecular formula is C28H29FN4OS. The van der Waals surface area contributed by atoms with E-state index in [4.69, 9.17) is 4.74 Å². The number of nitrogens with one attached hydrogen (secondary N) is 3. The zero-order valence-corrected chi connectivity index (χ0v) is 20.8. The number of nitrogens with zero attached hydrogens (tertiary/aromatic N) is 1. The van der Waals surface area contributed by atoms with Gasteiger partial charge < -0.3 is 20.4 Å². The molecular weight excluding hydrogens is 459 g/mol. The van der Waals surface area contributed by atoms with Crippen molar-refractivity contribution >= 4 is 28.1 Å². The normalized spacial score (nSPS) is 15.0. The summed E-state index contributed by atoms with van der Waals surface area (Å²) in [6, 6.07) is 13.9. The summed E-state index contributed by atoms with van der Waals surface area (Å²) >= 11 is 1.73. The number of fused-ring (bicyclic) bond motifs is 2.